The van der Waals surface area contributed by atoms with Crippen LogP contribution in [0.2, 0.25) is 0 Å². The maximum Gasteiger partial charge on any atom is 0.119 e. The Labute approximate surface area is 135 Å². The molecule has 124 valence electrons. The van der Waals surface area contributed by atoms with Gasteiger partial charge in [-0.05, 0) is 30.5 Å². The maximum absolute atomic E-state index is 5.93. The summed E-state index contributed by atoms with van der Waals surface area (Å²) in [5.41, 5.74) is 1.17. The molecule has 3 nitrogen and oxygen atoms in total. The van der Waals surface area contributed by atoms with Gasteiger partial charge in [-0.3, -0.25) is 0 Å². The zero-order chi connectivity index (χ0) is 15.6. The molecule has 2 rings (SSSR count). The van der Waals surface area contributed by atoms with Gasteiger partial charge in [-0.1, -0.05) is 51.7 Å². The second-order valence-electron chi connectivity index (χ2n) is 6.04. The van der Waals surface area contributed by atoms with Crippen molar-refractivity contribution in [2.45, 2.75) is 64.6 Å². The van der Waals surface area contributed by atoms with E-state index in [1.165, 1.54) is 24.8 Å². The molecule has 0 saturated carbocycles. The van der Waals surface area contributed by atoms with E-state index in [0.717, 1.165) is 31.6 Å². The van der Waals surface area contributed by atoms with Crippen molar-refractivity contribution in [3.63, 3.8) is 0 Å². The Kier molecular flexibility index (Phi) is 7.75. The van der Waals surface area contributed by atoms with E-state index in [0.29, 0.717) is 13.2 Å². The van der Waals surface area contributed by atoms with Crippen molar-refractivity contribution >= 4 is 0 Å². The zero-order valence-electron chi connectivity index (χ0n) is 14.1. The first-order chi connectivity index (χ1) is 10.8. The quantitative estimate of drug-likeness (QED) is 0.607. The third-order valence-electron chi connectivity index (χ3n) is 4.10. The lowest BCUT2D eigenvalue weighted by atomic mass is 10.1. The molecule has 1 aliphatic rings. The number of rotatable bonds is 9. The average Bonchev–Trinajstić information content (AvgIpc) is 2.56. The van der Waals surface area contributed by atoms with Crippen molar-refractivity contribution in [2.24, 2.45) is 0 Å². The predicted molar refractivity (Wildman–Crippen MR) is 89.4 cm³/mol. The summed E-state index contributed by atoms with van der Waals surface area (Å²) in [7, 11) is 0. The van der Waals surface area contributed by atoms with Gasteiger partial charge >= 0.3 is 0 Å². The van der Waals surface area contributed by atoms with E-state index in [9.17, 15) is 0 Å². The van der Waals surface area contributed by atoms with E-state index < -0.39 is 0 Å². The minimum absolute atomic E-state index is 0.0618. The number of unbranched alkanes of at least 4 members (excludes halogenated alkanes) is 3. The second-order valence-corrected chi connectivity index (χ2v) is 6.04. The first kappa shape index (κ1) is 17.3. The Bertz CT molecular complexity index is 394. The second kappa shape index (κ2) is 9.86. The molecule has 0 aromatic heterocycles. The average molecular weight is 306 g/mol. The zero-order valence-corrected chi connectivity index (χ0v) is 14.1. The SMILES string of the molecule is CCCCCCOc1ccc(C2COC(CCC)CO2)cc1. The van der Waals surface area contributed by atoms with Crippen molar-refractivity contribution in [3.05, 3.63) is 29.8 Å². The molecule has 2 atom stereocenters. The molecule has 1 aliphatic heterocycles. The van der Waals surface area contributed by atoms with Crippen molar-refractivity contribution in [1.82, 2.24) is 0 Å². The van der Waals surface area contributed by atoms with Gasteiger partial charge in [0.25, 0.3) is 0 Å². The van der Waals surface area contributed by atoms with E-state index in [-0.39, 0.29) is 12.2 Å². The summed E-state index contributed by atoms with van der Waals surface area (Å²) in [6.07, 6.45) is 7.49. The number of hydrogen-bond donors (Lipinski definition) is 0. The van der Waals surface area contributed by atoms with E-state index >= 15 is 0 Å². The summed E-state index contributed by atoms with van der Waals surface area (Å²) in [5.74, 6) is 0.945. The van der Waals surface area contributed by atoms with Crippen LogP contribution in [-0.2, 0) is 9.47 Å². The van der Waals surface area contributed by atoms with Crippen LogP contribution in [0.4, 0.5) is 0 Å². The molecule has 1 aromatic rings. The molecule has 1 heterocycles. The minimum Gasteiger partial charge on any atom is -0.494 e. The number of ether oxygens (including phenoxy) is 3. The van der Waals surface area contributed by atoms with Crippen LogP contribution < -0.4 is 4.74 Å². The first-order valence-corrected chi connectivity index (χ1v) is 8.79. The Morgan fingerprint density at radius 1 is 0.955 bits per heavy atom. The highest BCUT2D eigenvalue weighted by atomic mass is 16.6. The molecule has 0 bridgehead atoms. The smallest absolute Gasteiger partial charge is 0.119 e. The van der Waals surface area contributed by atoms with Gasteiger partial charge in [-0.2, -0.15) is 0 Å². The predicted octanol–water partition coefficient (Wildman–Crippen LogP) is 4.90. The molecule has 3 heteroatoms. The standard InChI is InChI=1S/C19H30O3/c1-3-5-6-7-13-20-17-11-9-16(10-12-17)19-15-21-18(8-4-2)14-22-19/h9-12,18-19H,3-8,13-15H2,1-2H3. The maximum atomic E-state index is 5.93. The van der Waals surface area contributed by atoms with Crippen LogP contribution in [0.15, 0.2) is 24.3 Å². The molecule has 22 heavy (non-hydrogen) atoms. The summed E-state index contributed by atoms with van der Waals surface area (Å²) in [6.45, 7) is 6.56. The van der Waals surface area contributed by atoms with Gasteiger partial charge in [0.2, 0.25) is 0 Å². The highest BCUT2D eigenvalue weighted by Gasteiger charge is 2.22. The van der Waals surface area contributed by atoms with Crippen LogP contribution >= 0.6 is 0 Å². The fourth-order valence-electron chi connectivity index (χ4n) is 2.72. The fraction of sp³-hybridized carbons (Fsp3) is 0.684. The van der Waals surface area contributed by atoms with E-state index in [2.05, 4.69) is 26.0 Å². The fourth-order valence-corrected chi connectivity index (χ4v) is 2.72. The number of hydrogen-bond acceptors (Lipinski definition) is 3. The third kappa shape index (κ3) is 5.62. The lowest BCUT2D eigenvalue weighted by molar-refractivity contribution is -0.137. The summed E-state index contributed by atoms with van der Waals surface area (Å²) in [5, 5.41) is 0. The van der Waals surface area contributed by atoms with Crippen LogP contribution in [0, 0.1) is 0 Å². The Morgan fingerprint density at radius 3 is 2.41 bits per heavy atom. The first-order valence-electron chi connectivity index (χ1n) is 8.79. The lowest BCUT2D eigenvalue weighted by Gasteiger charge is -2.29. The van der Waals surface area contributed by atoms with E-state index in [1.807, 2.05) is 12.1 Å². The molecular weight excluding hydrogens is 276 g/mol. The van der Waals surface area contributed by atoms with Gasteiger partial charge in [0.1, 0.15) is 11.9 Å². The minimum atomic E-state index is 0.0618. The van der Waals surface area contributed by atoms with Gasteiger partial charge in [-0.15, -0.1) is 0 Å². The highest BCUT2D eigenvalue weighted by Crippen LogP contribution is 2.26. The van der Waals surface area contributed by atoms with Gasteiger partial charge in [0.15, 0.2) is 0 Å². The Hall–Kier alpha value is -1.06. The van der Waals surface area contributed by atoms with Crippen molar-refractivity contribution in [1.29, 1.82) is 0 Å². The molecule has 0 spiro atoms. The van der Waals surface area contributed by atoms with Crippen LogP contribution in [0.25, 0.3) is 0 Å². The van der Waals surface area contributed by atoms with Gasteiger partial charge in [-0.25, -0.2) is 0 Å². The Morgan fingerprint density at radius 2 is 1.77 bits per heavy atom. The number of benzene rings is 1. The van der Waals surface area contributed by atoms with E-state index in [1.54, 1.807) is 0 Å². The normalized spacial score (nSPS) is 21.7. The van der Waals surface area contributed by atoms with Gasteiger partial charge in [0, 0.05) is 0 Å². The van der Waals surface area contributed by atoms with Crippen molar-refractivity contribution in [3.8, 4) is 5.75 Å². The molecule has 2 unspecified atom stereocenters. The largest absolute Gasteiger partial charge is 0.494 e. The molecule has 1 aromatic carbocycles. The summed E-state index contributed by atoms with van der Waals surface area (Å²) in [6, 6.07) is 8.26. The monoisotopic (exact) mass is 306 g/mol. The highest BCUT2D eigenvalue weighted by molar-refractivity contribution is 5.28. The van der Waals surface area contributed by atoms with Crippen LogP contribution in [-0.4, -0.2) is 25.9 Å². The molecule has 0 radical (unpaired) electrons. The van der Waals surface area contributed by atoms with Crippen molar-refractivity contribution < 1.29 is 14.2 Å². The Balaban J connectivity index is 1.72. The lowest BCUT2D eigenvalue weighted by Crippen LogP contribution is -2.30. The van der Waals surface area contributed by atoms with Crippen LogP contribution in [0.5, 0.6) is 5.75 Å². The van der Waals surface area contributed by atoms with Crippen molar-refractivity contribution in [2.75, 3.05) is 19.8 Å². The molecule has 0 amide bonds. The summed E-state index contributed by atoms with van der Waals surface area (Å²) in [4.78, 5) is 0. The third-order valence-corrected chi connectivity index (χ3v) is 4.10. The molecule has 0 N–H and O–H groups in total. The summed E-state index contributed by atoms with van der Waals surface area (Å²) >= 11 is 0. The van der Waals surface area contributed by atoms with E-state index in [4.69, 9.17) is 14.2 Å². The molecule has 1 fully saturated rings. The topological polar surface area (TPSA) is 27.7 Å². The molecule has 0 aliphatic carbocycles. The molecular formula is C19H30O3. The van der Waals surface area contributed by atoms with Gasteiger partial charge < -0.3 is 14.2 Å². The molecule has 1 saturated heterocycles. The van der Waals surface area contributed by atoms with Crippen LogP contribution in [0.1, 0.15) is 64.0 Å². The van der Waals surface area contributed by atoms with Crippen LogP contribution in [0.3, 0.4) is 0 Å². The van der Waals surface area contributed by atoms with Gasteiger partial charge in [0.05, 0.1) is 25.9 Å². The summed E-state index contributed by atoms with van der Waals surface area (Å²) < 4.78 is 17.6.